The summed E-state index contributed by atoms with van der Waals surface area (Å²) in [6, 6.07) is 17.7. The summed E-state index contributed by atoms with van der Waals surface area (Å²) in [5.74, 6) is -0.651. The second-order valence-electron chi connectivity index (χ2n) is 6.75. The van der Waals surface area contributed by atoms with Crippen LogP contribution in [0.3, 0.4) is 0 Å². The molecule has 0 saturated carbocycles. The van der Waals surface area contributed by atoms with Gasteiger partial charge >= 0.3 is 5.97 Å². The van der Waals surface area contributed by atoms with Crippen molar-refractivity contribution in [2.45, 2.75) is 6.54 Å². The molecule has 1 amide bonds. The number of benzene rings is 3. The molecule has 0 aromatic heterocycles. The summed E-state index contributed by atoms with van der Waals surface area (Å²) < 4.78 is 23.9. The highest BCUT2D eigenvalue weighted by atomic mass is 19.1. The fourth-order valence-electron chi connectivity index (χ4n) is 2.90. The zero-order chi connectivity index (χ0) is 21.5. The van der Waals surface area contributed by atoms with Gasteiger partial charge in [0.1, 0.15) is 11.6 Å². The molecule has 0 radical (unpaired) electrons. The maximum atomic E-state index is 13.7. The molecule has 0 fully saturated rings. The second-order valence-corrected chi connectivity index (χ2v) is 6.75. The van der Waals surface area contributed by atoms with E-state index in [4.69, 9.17) is 9.47 Å². The van der Waals surface area contributed by atoms with Crippen molar-refractivity contribution in [2.75, 3.05) is 20.8 Å². The molecule has 0 heterocycles. The Hall–Kier alpha value is -3.67. The van der Waals surface area contributed by atoms with Crippen LogP contribution in [0, 0.1) is 5.82 Å². The molecule has 0 unspecified atom stereocenters. The first-order valence-electron chi connectivity index (χ1n) is 9.36. The summed E-state index contributed by atoms with van der Waals surface area (Å²) in [5.41, 5.74) is 1.22. The Morgan fingerprint density at radius 1 is 1.03 bits per heavy atom. The Balaban J connectivity index is 1.53. The van der Waals surface area contributed by atoms with E-state index in [1.165, 1.54) is 24.1 Å². The summed E-state index contributed by atoms with van der Waals surface area (Å²) >= 11 is 0. The average Bonchev–Trinajstić information content (AvgIpc) is 2.76. The van der Waals surface area contributed by atoms with Crippen LogP contribution in [0.25, 0.3) is 16.8 Å². The van der Waals surface area contributed by atoms with Crippen LogP contribution in [-0.2, 0) is 20.9 Å². The molecule has 6 heteroatoms. The van der Waals surface area contributed by atoms with Crippen molar-refractivity contribution in [3.05, 3.63) is 83.7 Å². The summed E-state index contributed by atoms with van der Waals surface area (Å²) in [7, 11) is 3.15. The number of halogens is 1. The Kier molecular flexibility index (Phi) is 6.80. The number of likely N-dealkylation sites (N-methyl/N-ethyl adjacent to an activating group) is 1. The minimum Gasteiger partial charge on any atom is -0.497 e. The molecule has 0 atom stereocenters. The van der Waals surface area contributed by atoms with E-state index in [0.717, 1.165) is 22.1 Å². The van der Waals surface area contributed by atoms with Gasteiger partial charge in [-0.2, -0.15) is 0 Å². The molecule has 0 N–H and O–H groups in total. The molecule has 0 spiro atoms. The molecule has 154 valence electrons. The summed E-state index contributed by atoms with van der Waals surface area (Å²) in [6.07, 6.45) is 2.90. The second kappa shape index (κ2) is 9.69. The SMILES string of the molecule is COc1ccc2cc(/C=C/C(=O)OCC(=O)N(C)Cc3ccccc3F)ccc2c1. The van der Waals surface area contributed by atoms with Crippen molar-refractivity contribution >= 4 is 28.7 Å². The number of amides is 1. The number of rotatable bonds is 7. The number of nitrogens with zero attached hydrogens (tertiary/aromatic N) is 1. The molecule has 0 aliphatic heterocycles. The zero-order valence-electron chi connectivity index (χ0n) is 16.8. The van der Waals surface area contributed by atoms with E-state index in [1.54, 1.807) is 31.4 Å². The lowest BCUT2D eigenvalue weighted by Crippen LogP contribution is -2.30. The van der Waals surface area contributed by atoms with Gasteiger partial charge in [-0.25, -0.2) is 9.18 Å². The van der Waals surface area contributed by atoms with Crippen LogP contribution in [0.5, 0.6) is 5.75 Å². The standard InChI is InChI=1S/C24H22FNO4/c1-26(15-20-5-3-4-6-22(20)25)23(27)16-30-24(28)12-8-17-7-9-19-14-21(29-2)11-10-18(19)13-17/h3-14H,15-16H2,1-2H3/b12-8+. The predicted octanol–water partition coefficient (Wildman–Crippen LogP) is 4.20. The number of hydrogen-bond acceptors (Lipinski definition) is 4. The number of carbonyl (C=O) groups excluding carboxylic acids is 2. The average molecular weight is 407 g/mol. The van der Waals surface area contributed by atoms with Crippen LogP contribution in [0.2, 0.25) is 0 Å². The van der Waals surface area contributed by atoms with E-state index >= 15 is 0 Å². The molecular formula is C24H22FNO4. The smallest absolute Gasteiger partial charge is 0.331 e. The number of ether oxygens (including phenoxy) is 2. The van der Waals surface area contributed by atoms with E-state index in [0.29, 0.717) is 5.56 Å². The van der Waals surface area contributed by atoms with Gasteiger partial charge in [0, 0.05) is 25.2 Å². The molecule has 3 aromatic carbocycles. The van der Waals surface area contributed by atoms with E-state index in [-0.39, 0.29) is 12.4 Å². The maximum absolute atomic E-state index is 13.7. The van der Waals surface area contributed by atoms with Crippen LogP contribution >= 0.6 is 0 Å². The van der Waals surface area contributed by atoms with Crippen molar-refractivity contribution in [3.63, 3.8) is 0 Å². The number of esters is 1. The molecule has 5 nitrogen and oxygen atoms in total. The lowest BCUT2D eigenvalue weighted by molar-refractivity contribution is -0.147. The first-order chi connectivity index (χ1) is 14.5. The van der Waals surface area contributed by atoms with Gasteiger partial charge in [0.15, 0.2) is 6.61 Å². The van der Waals surface area contributed by atoms with E-state index in [1.807, 2.05) is 36.4 Å². The quantitative estimate of drug-likeness (QED) is 0.435. The highest BCUT2D eigenvalue weighted by molar-refractivity contribution is 5.91. The zero-order valence-corrected chi connectivity index (χ0v) is 16.8. The highest BCUT2D eigenvalue weighted by Crippen LogP contribution is 2.22. The molecule has 0 aliphatic carbocycles. The van der Waals surface area contributed by atoms with E-state index in [2.05, 4.69) is 0 Å². The number of fused-ring (bicyclic) bond motifs is 1. The Morgan fingerprint density at radius 3 is 2.53 bits per heavy atom. The van der Waals surface area contributed by atoms with Crippen molar-refractivity contribution in [1.29, 1.82) is 0 Å². The van der Waals surface area contributed by atoms with Gasteiger partial charge in [-0.15, -0.1) is 0 Å². The van der Waals surface area contributed by atoms with Crippen molar-refractivity contribution in [1.82, 2.24) is 4.90 Å². The summed E-state index contributed by atoms with van der Waals surface area (Å²) in [4.78, 5) is 25.4. The topological polar surface area (TPSA) is 55.8 Å². The summed E-state index contributed by atoms with van der Waals surface area (Å²) in [5, 5.41) is 2.04. The van der Waals surface area contributed by atoms with Crippen molar-refractivity contribution in [2.24, 2.45) is 0 Å². The molecule has 30 heavy (non-hydrogen) atoms. The number of hydrogen-bond donors (Lipinski definition) is 0. The van der Waals surface area contributed by atoms with Crippen LogP contribution < -0.4 is 4.74 Å². The first kappa shape index (κ1) is 21.0. The lowest BCUT2D eigenvalue weighted by Gasteiger charge is -2.17. The van der Waals surface area contributed by atoms with Gasteiger partial charge < -0.3 is 14.4 Å². The minimum absolute atomic E-state index is 0.0980. The third-order valence-corrected chi connectivity index (χ3v) is 4.61. The van der Waals surface area contributed by atoms with Crippen LogP contribution in [0.1, 0.15) is 11.1 Å². The van der Waals surface area contributed by atoms with Crippen molar-refractivity contribution in [3.8, 4) is 5.75 Å². The largest absolute Gasteiger partial charge is 0.497 e. The molecule has 0 bridgehead atoms. The Morgan fingerprint density at radius 2 is 1.77 bits per heavy atom. The van der Waals surface area contributed by atoms with Crippen LogP contribution in [0.15, 0.2) is 66.7 Å². The molecule has 0 aliphatic rings. The van der Waals surface area contributed by atoms with Gasteiger partial charge in [-0.3, -0.25) is 4.79 Å². The van der Waals surface area contributed by atoms with Gasteiger partial charge in [-0.1, -0.05) is 36.4 Å². The highest BCUT2D eigenvalue weighted by Gasteiger charge is 2.13. The van der Waals surface area contributed by atoms with E-state index < -0.39 is 18.5 Å². The normalized spacial score (nSPS) is 10.9. The fourth-order valence-corrected chi connectivity index (χ4v) is 2.90. The van der Waals surface area contributed by atoms with Crippen LogP contribution in [-0.4, -0.2) is 37.5 Å². The maximum Gasteiger partial charge on any atom is 0.331 e. The number of methoxy groups -OCH3 is 1. The predicted molar refractivity (Wildman–Crippen MR) is 113 cm³/mol. The Labute approximate surface area is 174 Å². The minimum atomic E-state index is -0.627. The summed E-state index contributed by atoms with van der Waals surface area (Å²) in [6.45, 7) is -0.313. The van der Waals surface area contributed by atoms with Gasteiger partial charge in [-0.05, 0) is 46.7 Å². The fraction of sp³-hybridized carbons (Fsp3) is 0.167. The molecule has 3 aromatic rings. The number of carbonyl (C=O) groups is 2. The monoisotopic (exact) mass is 407 g/mol. The van der Waals surface area contributed by atoms with Gasteiger partial charge in [0.05, 0.1) is 7.11 Å². The van der Waals surface area contributed by atoms with Gasteiger partial charge in [0.2, 0.25) is 0 Å². The first-order valence-corrected chi connectivity index (χ1v) is 9.36. The third kappa shape index (κ3) is 5.44. The third-order valence-electron chi connectivity index (χ3n) is 4.61. The molecular weight excluding hydrogens is 385 g/mol. The Bertz CT molecular complexity index is 1090. The molecule has 3 rings (SSSR count). The van der Waals surface area contributed by atoms with Crippen LogP contribution in [0.4, 0.5) is 4.39 Å². The lowest BCUT2D eigenvalue weighted by atomic mass is 10.1. The van der Waals surface area contributed by atoms with E-state index in [9.17, 15) is 14.0 Å². The van der Waals surface area contributed by atoms with Gasteiger partial charge in [0.25, 0.3) is 5.91 Å². The molecule has 0 saturated heterocycles. The van der Waals surface area contributed by atoms with Crippen molar-refractivity contribution < 1.29 is 23.5 Å².